The molecule has 0 heterocycles. The van der Waals surface area contributed by atoms with Crippen LogP contribution in [-0.2, 0) is 15.5 Å². The third kappa shape index (κ3) is 3.71. The molecule has 2 rings (SSSR count). The van der Waals surface area contributed by atoms with E-state index in [9.17, 15) is 8.42 Å². The smallest absolute Gasteiger partial charge is 0.207 e. The van der Waals surface area contributed by atoms with Gasteiger partial charge in [0.2, 0.25) is 0 Å². The fourth-order valence-corrected chi connectivity index (χ4v) is 3.28. The molecule has 0 radical (unpaired) electrons. The van der Waals surface area contributed by atoms with Crippen molar-refractivity contribution in [3.63, 3.8) is 0 Å². The van der Waals surface area contributed by atoms with Gasteiger partial charge in [-0.15, -0.1) is 0 Å². The summed E-state index contributed by atoms with van der Waals surface area (Å²) in [6, 6.07) is 6.95. The van der Waals surface area contributed by atoms with Gasteiger partial charge < -0.3 is 0 Å². The first-order valence-corrected chi connectivity index (χ1v) is 8.40. The number of hydrogen-bond acceptors (Lipinski definition) is 2. The summed E-state index contributed by atoms with van der Waals surface area (Å²) in [5.74, 6) is 0.766. The van der Waals surface area contributed by atoms with Gasteiger partial charge >= 0.3 is 0 Å². The molecule has 0 aliphatic heterocycles. The number of benzene rings is 1. The third-order valence-corrected chi connectivity index (χ3v) is 4.82. The van der Waals surface area contributed by atoms with Gasteiger partial charge in [-0.3, -0.25) is 0 Å². The molecule has 0 unspecified atom stereocenters. The highest BCUT2D eigenvalue weighted by Gasteiger charge is 2.14. The van der Waals surface area contributed by atoms with E-state index in [1.54, 1.807) is 12.1 Å². The van der Waals surface area contributed by atoms with Crippen LogP contribution in [-0.4, -0.2) is 8.42 Å². The Bertz CT molecular complexity index is 459. The Morgan fingerprint density at radius 2 is 1.65 bits per heavy atom. The molecule has 1 aliphatic carbocycles. The second-order valence-electron chi connectivity index (χ2n) is 4.79. The van der Waals surface area contributed by atoms with Crippen molar-refractivity contribution >= 4 is 19.7 Å². The van der Waals surface area contributed by atoms with Crippen molar-refractivity contribution in [1.29, 1.82) is 0 Å². The molecule has 0 spiro atoms. The van der Waals surface area contributed by atoms with E-state index in [1.165, 1.54) is 37.7 Å². The molecule has 0 bridgehead atoms. The summed E-state index contributed by atoms with van der Waals surface area (Å²) in [5, 5.41) is 0. The fourth-order valence-electron chi connectivity index (χ4n) is 2.51. The topological polar surface area (TPSA) is 34.1 Å². The van der Waals surface area contributed by atoms with Crippen molar-refractivity contribution in [2.24, 2.45) is 5.92 Å². The lowest BCUT2D eigenvalue weighted by Crippen LogP contribution is -2.09. The molecule has 1 fully saturated rings. The van der Waals surface area contributed by atoms with Crippen LogP contribution in [0.3, 0.4) is 0 Å². The minimum atomic E-state index is -3.58. The zero-order chi connectivity index (χ0) is 12.3. The third-order valence-electron chi connectivity index (χ3n) is 3.45. The highest BCUT2D eigenvalue weighted by molar-refractivity contribution is 8.13. The Kier molecular flexibility index (Phi) is 4.10. The molecule has 1 aliphatic rings. The second-order valence-corrected chi connectivity index (χ2v) is 7.36. The van der Waals surface area contributed by atoms with E-state index >= 15 is 0 Å². The van der Waals surface area contributed by atoms with Gasteiger partial charge in [0.15, 0.2) is 0 Å². The summed E-state index contributed by atoms with van der Waals surface area (Å²) in [5.41, 5.74) is 1.21. The van der Waals surface area contributed by atoms with Crippen LogP contribution in [0, 0.1) is 5.92 Å². The van der Waals surface area contributed by atoms with Crippen molar-refractivity contribution in [2.45, 2.75) is 43.4 Å². The van der Waals surface area contributed by atoms with Crippen molar-refractivity contribution < 1.29 is 8.42 Å². The van der Waals surface area contributed by atoms with Gasteiger partial charge in [0.1, 0.15) is 0 Å². The van der Waals surface area contributed by atoms with Gasteiger partial charge in [-0.25, -0.2) is 8.42 Å². The van der Waals surface area contributed by atoms with Crippen LogP contribution in [0.2, 0.25) is 0 Å². The summed E-state index contributed by atoms with van der Waals surface area (Å²) in [6.07, 6.45) is 7.69. The van der Waals surface area contributed by atoms with E-state index < -0.39 is 9.05 Å². The maximum atomic E-state index is 11.1. The van der Waals surface area contributed by atoms with Crippen LogP contribution in [0.15, 0.2) is 29.2 Å². The predicted molar refractivity (Wildman–Crippen MR) is 69.8 cm³/mol. The van der Waals surface area contributed by atoms with E-state index in [-0.39, 0.29) is 4.90 Å². The average Bonchev–Trinajstić information content (AvgIpc) is 2.30. The lowest BCUT2D eigenvalue weighted by molar-refractivity contribution is 0.356. The van der Waals surface area contributed by atoms with E-state index in [4.69, 9.17) is 10.7 Å². The van der Waals surface area contributed by atoms with Crippen molar-refractivity contribution in [3.8, 4) is 0 Å². The summed E-state index contributed by atoms with van der Waals surface area (Å²) >= 11 is 0. The Balaban J connectivity index is 2.03. The molecule has 0 N–H and O–H groups in total. The highest BCUT2D eigenvalue weighted by atomic mass is 35.7. The Hall–Kier alpha value is -0.540. The summed E-state index contributed by atoms with van der Waals surface area (Å²) in [4.78, 5) is 0.187. The van der Waals surface area contributed by atoms with E-state index in [2.05, 4.69) is 0 Å². The van der Waals surface area contributed by atoms with Gasteiger partial charge in [0.25, 0.3) is 9.05 Å². The monoisotopic (exact) mass is 272 g/mol. The maximum Gasteiger partial charge on any atom is 0.261 e. The minimum Gasteiger partial charge on any atom is -0.207 e. The fraction of sp³-hybridized carbons (Fsp3) is 0.538. The summed E-state index contributed by atoms with van der Waals surface area (Å²) < 4.78 is 22.2. The first-order valence-electron chi connectivity index (χ1n) is 6.09. The molecule has 2 nitrogen and oxygen atoms in total. The normalized spacial score (nSPS) is 18.2. The number of rotatable bonds is 3. The largest absolute Gasteiger partial charge is 0.261 e. The number of halogens is 1. The lowest BCUT2D eigenvalue weighted by Gasteiger charge is -2.21. The molecular formula is C13H17ClO2S. The van der Waals surface area contributed by atoms with Gasteiger partial charge in [-0.1, -0.05) is 44.2 Å². The van der Waals surface area contributed by atoms with Crippen LogP contribution < -0.4 is 0 Å². The number of hydrogen-bond donors (Lipinski definition) is 0. The van der Waals surface area contributed by atoms with E-state index in [1.807, 2.05) is 12.1 Å². The Morgan fingerprint density at radius 1 is 1.06 bits per heavy atom. The van der Waals surface area contributed by atoms with Crippen molar-refractivity contribution in [2.75, 3.05) is 0 Å². The Labute approximate surface area is 107 Å². The highest BCUT2D eigenvalue weighted by Crippen LogP contribution is 2.27. The Morgan fingerprint density at radius 3 is 2.18 bits per heavy atom. The maximum absolute atomic E-state index is 11.1. The molecule has 1 aromatic rings. The zero-order valence-corrected chi connectivity index (χ0v) is 11.3. The average molecular weight is 273 g/mol. The molecule has 4 heteroatoms. The molecule has 1 saturated carbocycles. The molecule has 0 saturated heterocycles. The van der Waals surface area contributed by atoms with Gasteiger partial charge in [-0.05, 0) is 30.0 Å². The predicted octanol–water partition coefficient (Wildman–Crippen LogP) is 3.74. The van der Waals surface area contributed by atoms with Crippen LogP contribution in [0.1, 0.15) is 37.7 Å². The van der Waals surface area contributed by atoms with Crippen molar-refractivity contribution in [3.05, 3.63) is 29.8 Å². The van der Waals surface area contributed by atoms with Crippen molar-refractivity contribution in [1.82, 2.24) is 0 Å². The van der Waals surface area contributed by atoms with Gasteiger partial charge in [-0.2, -0.15) is 0 Å². The first-order chi connectivity index (χ1) is 8.05. The van der Waals surface area contributed by atoms with Crippen LogP contribution in [0.4, 0.5) is 0 Å². The standard InChI is InChI=1S/C13H17ClO2S/c14-17(15,16)13-8-6-12(7-9-13)10-11-4-2-1-3-5-11/h6-9,11H,1-5,10H2. The molecular weight excluding hydrogens is 256 g/mol. The first kappa shape index (κ1) is 12.9. The lowest BCUT2D eigenvalue weighted by atomic mass is 9.85. The molecule has 0 aromatic heterocycles. The second kappa shape index (κ2) is 5.40. The van der Waals surface area contributed by atoms with Gasteiger partial charge in [0.05, 0.1) is 4.90 Å². The zero-order valence-electron chi connectivity index (χ0n) is 9.73. The van der Waals surface area contributed by atoms with Crippen LogP contribution in [0.25, 0.3) is 0 Å². The van der Waals surface area contributed by atoms with E-state index in [0.717, 1.165) is 12.3 Å². The molecule has 17 heavy (non-hydrogen) atoms. The molecule has 1 aromatic carbocycles. The van der Waals surface area contributed by atoms with Crippen LogP contribution >= 0.6 is 10.7 Å². The van der Waals surface area contributed by atoms with E-state index in [0.29, 0.717) is 0 Å². The van der Waals surface area contributed by atoms with Crippen LogP contribution in [0.5, 0.6) is 0 Å². The summed E-state index contributed by atoms with van der Waals surface area (Å²) in [7, 11) is 1.69. The quantitative estimate of drug-likeness (QED) is 0.786. The minimum absolute atomic E-state index is 0.187. The molecule has 0 atom stereocenters. The molecule has 0 amide bonds. The summed E-state index contributed by atoms with van der Waals surface area (Å²) in [6.45, 7) is 0. The SMILES string of the molecule is O=S(=O)(Cl)c1ccc(CC2CCCCC2)cc1. The van der Waals surface area contributed by atoms with Gasteiger partial charge in [0, 0.05) is 10.7 Å². The molecule has 94 valence electrons.